The first-order chi connectivity index (χ1) is 24.7. The first-order valence-electron chi connectivity index (χ1n) is 15.1. The van der Waals surface area contributed by atoms with Gasteiger partial charge in [-0.25, -0.2) is 22.5 Å². The fourth-order valence-electron chi connectivity index (χ4n) is 5.62. The van der Waals surface area contributed by atoms with Crippen LogP contribution in [0.25, 0.3) is 22.3 Å². The molecule has 2 aromatic heterocycles. The first-order valence-corrected chi connectivity index (χ1v) is 15.1. The molecule has 0 unspecified atom stereocenters. The van der Waals surface area contributed by atoms with Crippen molar-refractivity contribution in [2.24, 2.45) is 7.05 Å². The molecular formula is C35H26F4N6O7. The Morgan fingerprint density at radius 2 is 1.50 bits per heavy atom. The molecule has 0 spiro atoms. The Morgan fingerprint density at radius 1 is 0.769 bits per heavy atom. The fraction of sp³-hybridized carbons (Fsp3) is 0.0857. The average molecular weight is 719 g/mol. The van der Waals surface area contributed by atoms with Gasteiger partial charge in [-0.1, -0.05) is 6.07 Å². The zero-order valence-corrected chi connectivity index (χ0v) is 27.0. The molecule has 6 rings (SSSR count). The van der Waals surface area contributed by atoms with E-state index >= 15 is 4.39 Å². The Hall–Kier alpha value is -6.88. The number of aromatic nitrogens is 3. The molecule has 52 heavy (non-hydrogen) atoms. The van der Waals surface area contributed by atoms with E-state index in [-0.39, 0.29) is 50.7 Å². The molecule has 0 saturated heterocycles. The minimum atomic E-state index is -1.55. The van der Waals surface area contributed by atoms with Gasteiger partial charge in [0, 0.05) is 35.6 Å². The standard InChI is InChI=1S/C35H26F4N6O7/c1-16-30-28(31(43(2)33(16)50)42-25-8-6-18(40-15-46)13-22(25)36)34(51)45(21-7-9-26(47)23(37)14-21)35(52)44(30)20-5-3-4-19(12-20)41-32(49)17-10-24(38)29(39)27(48)11-17/h3-14,40,42,46-48H,15H2,1-2H3,(H,41,49). The molecule has 0 bridgehead atoms. The van der Waals surface area contributed by atoms with E-state index in [2.05, 4.69) is 16.0 Å². The highest BCUT2D eigenvalue weighted by Crippen LogP contribution is 2.29. The SMILES string of the molecule is Cc1c(=O)n(C)c(Nc2ccc(NCO)cc2F)c2c(=O)n(-c3ccc(O)c(F)c3)c(=O)n(-c3cccc(NC(=O)c4cc(O)c(F)c(F)c4)c3)c12. The number of carbonyl (C=O) groups excluding carboxylic acids is 1. The van der Waals surface area contributed by atoms with Crippen molar-refractivity contribution in [2.45, 2.75) is 6.92 Å². The van der Waals surface area contributed by atoms with Crippen LogP contribution >= 0.6 is 0 Å². The maximum atomic E-state index is 15.3. The summed E-state index contributed by atoms with van der Waals surface area (Å²) in [5.74, 6) is -8.20. The second-order valence-electron chi connectivity index (χ2n) is 11.4. The largest absolute Gasteiger partial charge is 0.505 e. The summed E-state index contributed by atoms with van der Waals surface area (Å²) < 4.78 is 60.0. The Bertz CT molecular complexity index is 2610. The van der Waals surface area contributed by atoms with Gasteiger partial charge in [-0.3, -0.25) is 23.5 Å². The maximum Gasteiger partial charge on any atom is 0.340 e. The van der Waals surface area contributed by atoms with Crippen LogP contribution in [0, 0.1) is 30.2 Å². The van der Waals surface area contributed by atoms with Gasteiger partial charge in [-0.05, 0) is 67.6 Å². The predicted octanol–water partition coefficient (Wildman–Crippen LogP) is 4.47. The summed E-state index contributed by atoms with van der Waals surface area (Å²) in [5.41, 5.74) is -4.10. The minimum Gasteiger partial charge on any atom is -0.505 e. The molecule has 0 fully saturated rings. The Morgan fingerprint density at radius 3 is 2.17 bits per heavy atom. The summed E-state index contributed by atoms with van der Waals surface area (Å²) in [6.45, 7) is 0.850. The number of benzene rings is 4. The van der Waals surface area contributed by atoms with Crippen LogP contribution in [-0.4, -0.2) is 41.7 Å². The van der Waals surface area contributed by atoms with E-state index in [0.717, 1.165) is 33.4 Å². The molecule has 17 heteroatoms. The third-order valence-electron chi connectivity index (χ3n) is 8.14. The van der Waals surface area contributed by atoms with Gasteiger partial charge in [0.05, 0.1) is 22.6 Å². The Balaban J connectivity index is 1.63. The number of rotatable bonds is 8. The van der Waals surface area contributed by atoms with Gasteiger partial charge in [0.1, 0.15) is 23.8 Å². The number of aryl methyl sites for hydroxylation is 1. The molecule has 1 amide bonds. The third kappa shape index (κ3) is 6.09. The molecule has 2 heterocycles. The summed E-state index contributed by atoms with van der Waals surface area (Å²) in [7, 11) is 1.29. The lowest BCUT2D eigenvalue weighted by atomic mass is 10.1. The van der Waals surface area contributed by atoms with E-state index in [1.807, 2.05) is 0 Å². The minimum absolute atomic E-state index is 0.0151. The van der Waals surface area contributed by atoms with Crippen molar-refractivity contribution in [1.29, 1.82) is 0 Å². The summed E-state index contributed by atoms with van der Waals surface area (Å²) >= 11 is 0. The van der Waals surface area contributed by atoms with Crippen LogP contribution in [0.2, 0.25) is 0 Å². The van der Waals surface area contributed by atoms with E-state index in [1.54, 1.807) is 0 Å². The van der Waals surface area contributed by atoms with E-state index < -0.39 is 69.8 Å². The second kappa shape index (κ2) is 13.4. The second-order valence-corrected chi connectivity index (χ2v) is 11.4. The van der Waals surface area contributed by atoms with Crippen LogP contribution in [0.3, 0.4) is 0 Å². The van der Waals surface area contributed by atoms with Gasteiger partial charge >= 0.3 is 5.69 Å². The highest BCUT2D eigenvalue weighted by Gasteiger charge is 2.25. The molecule has 0 aliphatic carbocycles. The van der Waals surface area contributed by atoms with Gasteiger partial charge < -0.3 is 31.3 Å². The zero-order valence-electron chi connectivity index (χ0n) is 27.0. The van der Waals surface area contributed by atoms with Crippen molar-refractivity contribution in [2.75, 3.05) is 22.7 Å². The summed E-state index contributed by atoms with van der Waals surface area (Å²) in [5, 5.41) is 36.0. The molecule has 0 aliphatic heterocycles. The predicted molar refractivity (Wildman–Crippen MR) is 183 cm³/mol. The number of halogens is 4. The number of phenols is 2. The number of aromatic hydroxyl groups is 2. The number of anilines is 4. The van der Waals surface area contributed by atoms with Gasteiger partial charge in [0.15, 0.2) is 29.0 Å². The molecule has 0 aliphatic rings. The number of amides is 1. The topological polar surface area (TPSA) is 180 Å². The van der Waals surface area contributed by atoms with E-state index in [9.17, 15) is 42.6 Å². The van der Waals surface area contributed by atoms with E-state index in [4.69, 9.17) is 5.11 Å². The number of pyridine rings is 1. The molecule has 6 aromatic rings. The molecule has 0 saturated carbocycles. The quantitative estimate of drug-likeness (QED) is 0.0978. The number of nitrogens with zero attached hydrogens (tertiary/aromatic N) is 3. The van der Waals surface area contributed by atoms with Crippen LogP contribution < -0.4 is 32.8 Å². The highest BCUT2D eigenvalue weighted by atomic mass is 19.2. The van der Waals surface area contributed by atoms with Crippen LogP contribution in [0.15, 0.2) is 87.2 Å². The molecule has 4 aromatic carbocycles. The van der Waals surface area contributed by atoms with Crippen molar-refractivity contribution in [3.63, 3.8) is 0 Å². The average Bonchev–Trinajstić information content (AvgIpc) is 3.10. The summed E-state index contributed by atoms with van der Waals surface area (Å²) in [4.78, 5) is 55.4. The number of aliphatic hydroxyl groups is 1. The van der Waals surface area contributed by atoms with Crippen LogP contribution in [-0.2, 0) is 7.05 Å². The molecule has 0 atom stereocenters. The molecule has 13 nitrogen and oxygen atoms in total. The Kier molecular flexibility index (Phi) is 9.04. The number of aliphatic hydroxyl groups excluding tert-OH is 1. The van der Waals surface area contributed by atoms with E-state index in [1.165, 1.54) is 50.4 Å². The maximum absolute atomic E-state index is 15.3. The van der Waals surface area contributed by atoms with Gasteiger partial charge in [-0.2, -0.15) is 4.39 Å². The van der Waals surface area contributed by atoms with Crippen molar-refractivity contribution in [3.8, 4) is 22.9 Å². The number of hydrogen-bond donors (Lipinski definition) is 6. The molecule has 6 N–H and O–H groups in total. The molecular weight excluding hydrogens is 692 g/mol. The van der Waals surface area contributed by atoms with Crippen molar-refractivity contribution in [3.05, 3.63) is 138 Å². The van der Waals surface area contributed by atoms with E-state index in [0.29, 0.717) is 16.7 Å². The molecule has 266 valence electrons. The van der Waals surface area contributed by atoms with Crippen LogP contribution in [0.1, 0.15) is 15.9 Å². The van der Waals surface area contributed by atoms with Gasteiger partial charge in [0.25, 0.3) is 17.0 Å². The lowest BCUT2D eigenvalue weighted by Crippen LogP contribution is -2.40. The monoisotopic (exact) mass is 718 g/mol. The van der Waals surface area contributed by atoms with Crippen molar-refractivity contribution >= 4 is 39.7 Å². The number of nitrogens with one attached hydrogen (secondary N) is 3. The van der Waals surface area contributed by atoms with Gasteiger partial charge in [0.2, 0.25) is 0 Å². The van der Waals surface area contributed by atoms with Gasteiger partial charge in [-0.15, -0.1) is 0 Å². The zero-order chi connectivity index (χ0) is 37.6. The number of carbonyl (C=O) groups is 1. The lowest BCUT2D eigenvalue weighted by Gasteiger charge is -2.21. The number of hydrogen-bond acceptors (Lipinski definition) is 9. The number of phenolic OH excluding ortho intramolecular Hbond substituents is 2. The highest BCUT2D eigenvalue weighted by molar-refractivity contribution is 6.04. The normalized spacial score (nSPS) is 11.1. The molecule has 0 radical (unpaired) electrons. The van der Waals surface area contributed by atoms with Crippen LogP contribution in [0.5, 0.6) is 11.5 Å². The third-order valence-corrected chi connectivity index (χ3v) is 8.14. The Labute approximate surface area is 288 Å². The van der Waals surface area contributed by atoms with Crippen molar-refractivity contribution < 1.29 is 37.7 Å². The number of fused-ring (bicyclic) bond motifs is 1. The summed E-state index contributed by atoms with van der Waals surface area (Å²) in [6, 6.07) is 13.1. The first kappa shape index (κ1) is 35.0. The lowest BCUT2D eigenvalue weighted by molar-refractivity contribution is 0.102. The van der Waals surface area contributed by atoms with Crippen molar-refractivity contribution in [1.82, 2.24) is 13.7 Å². The van der Waals surface area contributed by atoms with Crippen LogP contribution in [0.4, 0.5) is 40.4 Å². The smallest absolute Gasteiger partial charge is 0.340 e. The summed E-state index contributed by atoms with van der Waals surface area (Å²) in [6.07, 6.45) is 0. The fourth-order valence-corrected chi connectivity index (χ4v) is 5.62.